The summed E-state index contributed by atoms with van der Waals surface area (Å²) < 4.78 is 11.8. The number of hydrogen-bond acceptors (Lipinski definition) is 5. The summed E-state index contributed by atoms with van der Waals surface area (Å²) in [5.41, 5.74) is 0.869. The Morgan fingerprint density at radius 2 is 1.92 bits per heavy atom. The zero-order valence-electron chi connectivity index (χ0n) is 13.5. The van der Waals surface area contributed by atoms with Crippen LogP contribution in [0.5, 0.6) is 11.5 Å². The molecule has 2 heterocycles. The molecule has 25 heavy (non-hydrogen) atoms. The van der Waals surface area contributed by atoms with E-state index in [1.54, 1.807) is 24.3 Å². The highest BCUT2D eigenvalue weighted by molar-refractivity contribution is 6.04. The quantitative estimate of drug-likeness (QED) is 0.785. The normalized spacial score (nSPS) is 12.4. The number of amides is 1. The van der Waals surface area contributed by atoms with Gasteiger partial charge in [0, 0.05) is 19.0 Å². The predicted molar refractivity (Wildman–Crippen MR) is 90.7 cm³/mol. The number of carbonyl (C=O) groups is 1. The van der Waals surface area contributed by atoms with Gasteiger partial charge < -0.3 is 14.8 Å². The molecule has 3 aromatic rings. The van der Waals surface area contributed by atoms with Crippen molar-refractivity contribution in [2.75, 3.05) is 6.79 Å². The second-order valence-corrected chi connectivity index (χ2v) is 5.69. The molecule has 1 N–H and O–H groups in total. The number of ether oxygens (including phenoxy) is 2. The van der Waals surface area contributed by atoms with Crippen molar-refractivity contribution in [1.29, 1.82) is 0 Å². The average molecular weight is 337 g/mol. The third-order valence-electron chi connectivity index (χ3n) is 4.06. The number of fused-ring (bicyclic) bond motifs is 2. The van der Waals surface area contributed by atoms with Crippen molar-refractivity contribution in [2.45, 2.75) is 6.54 Å². The summed E-state index contributed by atoms with van der Waals surface area (Å²) in [5.74, 6) is 1.02. The summed E-state index contributed by atoms with van der Waals surface area (Å²) in [5, 5.41) is 7.95. The van der Waals surface area contributed by atoms with Gasteiger partial charge >= 0.3 is 0 Å². The van der Waals surface area contributed by atoms with E-state index in [0.29, 0.717) is 28.8 Å². The van der Waals surface area contributed by atoms with E-state index in [4.69, 9.17) is 9.47 Å². The number of benzene rings is 2. The maximum Gasteiger partial charge on any atom is 0.274 e. The second-order valence-electron chi connectivity index (χ2n) is 5.69. The topological polar surface area (TPSA) is 82.5 Å². The first-order valence-corrected chi connectivity index (χ1v) is 7.76. The smallest absolute Gasteiger partial charge is 0.274 e. The number of nitrogens with zero attached hydrogens (tertiary/aromatic N) is 2. The first-order chi connectivity index (χ1) is 12.1. The van der Waals surface area contributed by atoms with Gasteiger partial charge in [-0.25, -0.2) is 4.68 Å². The zero-order valence-corrected chi connectivity index (χ0v) is 13.5. The van der Waals surface area contributed by atoms with Crippen LogP contribution in [0.15, 0.2) is 47.3 Å². The highest BCUT2D eigenvalue weighted by atomic mass is 16.7. The Morgan fingerprint density at radius 3 is 2.76 bits per heavy atom. The number of hydrogen-bond donors (Lipinski definition) is 1. The van der Waals surface area contributed by atoms with Crippen molar-refractivity contribution in [3.8, 4) is 11.5 Å². The number of aromatic nitrogens is 2. The highest BCUT2D eigenvalue weighted by Gasteiger charge is 2.17. The Balaban J connectivity index is 1.60. The fourth-order valence-electron chi connectivity index (χ4n) is 2.78. The molecule has 2 aromatic carbocycles. The van der Waals surface area contributed by atoms with Crippen molar-refractivity contribution in [3.63, 3.8) is 0 Å². The van der Waals surface area contributed by atoms with Crippen LogP contribution < -0.4 is 20.3 Å². The molecule has 1 aliphatic heterocycles. The van der Waals surface area contributed by atoms with Gasteiger partial charge in [-0.15, -0.1) is 0 Å². The van der Waals surface area contributed by atoms with Crippen molar-refractivity contribution >= 4 is 16.7 Å². The van der Waals surface area contributed by atoms with Crippen LogP contribution in [-0.2, 0) is 13.6 Å². The molecule has 4 rings (SSSR count). The first kappa shape index (κ1) is 15.2. The SMILES string of the molecule is Cn1nc(C(=O)NCc2ccc3c(c2)OCO3)c2ccccc2c1=O. The number of rotatable bonds is 3. The first-order valence-electron chi connectivity index (χ1n) is 7.76. The fourth-order valence-corrected chi connectivity index (χ4v) is 2.78. The highest BCUT2D eigenvalue weighted by Crippen LogP contribution is 2.32. The molecule has 1 amide bonds. The Hall–Kier alpha value is -3.35. The van der Waals surface area contributed by atoms with Crippen molar-refractivity contribution in [1.82, 2.24) is 15.1 Å². The van der Waals surface area contributed by atoms with E-state index in [-0.39, 0.29) is 24.0 Å². The largest absolute Gasteiger partial charge is 0.454 e. The molecule has 0 atom stereocenters. The van der Waals surface area contributed by atoms with Crippen molar-refractivity contribution < 1.29 is 14.3 Å². The van der Waals surface area contributed by atoms with E-state index < -0.39 is 0 Å². The maximum atomic E-state index is 12.6. The van der Waals surface area contributed by atoms with Crippen LogP contribution in [0.25, 0.3) is 10.8 Å². The van der Waals surface area contributed by atoms with Crippen LogP contribution in [-0.4, -0.2) is 22.5 Å². The minimum atomic E-state index is -0.343. The lowest BCUT2D eigenvalue weighted by Gasteiger charge is -2.09. The minimum absolute atomic E-state index is 0.207. The summed E-state index contributed by atoms with van der Waals surface area (Å²) in [6.07, 6.45) is 0. The Morgan fingerprint density at radius 1 is 1.16 bits per heavy atom. The predicted octanol–water partition coefficient (Wildman–Crippen LogP) is 1.59. The molecule has 0 saturated carbocycles. The zero-order chi connectivity index (χ0) is 17.4. The third kappa shape index (κ3) is 2.69. The summed E-state index contributed by atoms with van der Waals surface area (Å²) in [7, 11) is 1.53. The van der Waals surface area contributed by atoms with Gasteiger partial charge in [0.1, 0.15) is 0 Å². The number of carbonyl (C=O) groups excluding carboxylic acids is 1. The molecule has 0 radical (unpaired) electrons. The summed E-state index contributed by atoms with van der Waals surface area (Å²) >= 11 is 0. The molecule has 0 bridgehead atoms. The lowest BCUT2D eigenvalue weighted by Crippen LogP contribution is -2.29. The molecule has 0 unspecified atom stereocenters. The van der Waals surface area contributed by atoms with Gasteiger partial charge in [0.2, 0.25) is 6.79 Å². The summed E-state index contributed by atoms with van der Waals surface area (Å²) in [6, 6.07) is 12.4. The van der Waals surface area contributed by atoms with Crippen molar-refractivity contribution in [3.05, 3.63) is 64.1 Å². The third-order valence-corrected chi connectivity index (χ3v) is 4.06. The lowest BCUT2D eigenvalue weighted by atomic mass is 10.1. The van der Waals surface area contributed by atoms with Crippen LogP contribution >= 0.6 is 0 Å². The molecule has 1 aliphatic rings. The molecule has 1 aromatic heterocycles. The van der Waals surface area contributed by atoms with E-state index in [9.17, 15) is 9.59 Å². The monoisotopic (exact) mass is 337 g/mol. The molecular formula is C18H15N3O4. The standard InChI is InChI=1S/C18H15N3O4/c1-21-18(23)13-5-3-2-4-12(13)16(20-21)17(22)19-9-11-6-7-14-15(8-11)25-10-24-14/h2-8H,9-10H2,1H3,(H,19,22). The lowest BCUT2D eigenvalue weighted by molar-refractivity contribution is 0.0945. The van der Waals surface area contributed by atoms with Gasteiger partial charge in [-0.05, 0) is 23.8 Å². The Labute approximate surface area is 142 Å². The number of aryl methyl sites for hydroxylation is 1. The minimum Gasteiger partial charge on any atom is -0.454 e. The molecule has 7 heteroatoms. The molecule has 126 valence electrons. The summed E-state index contributed by atoms with van der Waals surface area (Å²) in [4.78, 5) is 24.7. The fraction of sp³-hybridized carbons (Fsp3) is 0.167. The van der Waals surface area contributed by atoms with E-state index in [0.717, 1.165) is 5.56 Å². The molecule has 0 saturated heterocycles. The molecule has 7 nitrogen and oxygen atoms in total. The van der Waals surface area contributed by atoms with Gasteiger partial charge in [-0.2, -0.15) is 5.10 Å². The van der Waals surface area contributed by atoms with Crippen LogP contribution in [0.4, 0.5) is 0 Å². The Bertz CT molecular complexity index is 1040. The molecule has 0 aliphatic carbocycles. The van der Waals surface area contributed by atoms with Gasteiger partial charge in [0.25, 0.3) is 11.5 Å². The van der Waals surface area contributed by atoms with Crippen LogP contribution in [0.1, 0.15) is 16.1 Å². The van der Waals surface area contributed by atoms with Crippen LogP contribution in [0.2, 0.25) is 0 Å². The Kier molecular flexibility index (Phi) is 3.61. The van der Waals surface area contributed by atoms with Crippen LogP contribution in [0, 0.1) is 0 Å². The van der Waals surface area contributed by atoms with Gasteiger partial charge in [-0.1, -0.05) is 24.3 Å². The van der Waals surface area contributed by atoms with E-state index in [1.807, 2.05) is 18.2 Å². The maximum absolute atomic E-state index is 12.6. The van der Waals surface area contributed by atoms with E-state index >= 15 is 0 Å². The van der Waals surface area contributed by atoms with Gasteiger partial charge in [-0.3, -0.25) is 9.59 Å². The summed E-state index contributed by atoms with van der Waals surface area (Å²) in [6.45, 7) is 0.521. The molecule has 0 spiro atoms. The number of nitrogens with one attached hydrogen (secondary N) is 1. The van der Waals surface area contributed by atoms with Crippen LogP contribution in [0.3, 0.4) is 0 Å². The second kappa shape index (κ2) is 5.94. The van der Waals surface area contributed by atoms with Gasteiger partial charge in [0.05, 0.1) is 5.39 Å². The van der Waals surface area contributed by atoms with Crippen molar-refractivity contribution in [2.24, 2.45) is 7.05 Å². The molecule has 0 fully saturated rings. The van der Waals surface area contributed by atoms with E-state index in [2.05, 4.69) is 10.4 Å². The average Bonchev–Trinajstić information content (AvgIpc) is 3.10. The van der Waals surface area contributed by atoms with Gasteiger partial charge in [0.15, 0.2) is 17.2 Å². The molecular weight excluding hydrogens is 322 g/mol. The van der Waals surface area contributed by atoms with E-state index in [1.165, 1.54) is 11.7 Å².